The van der Waals surface area contributed by atoms with E-state index < -0.39 is 185 Å². The Morgan fingerprint density at radius 1 is 0.571 bits per heavy atom. The fourth-order valence-electron chi connectivity index (χ4n) is 9.45. The second-order valence-corrected chi connectivity index (χ2v) is 18.0. The molecule has 0 fully saturated rings. The Morgan fingerprint density at radius 3 is 1.98 bits per heavy atom. The first-order valence-electron chi connectivity index (χ1n) is 32.0. The molecule has 1 atom stereocenters. The number of furan rings is 1. The molecule has 0 saturated carbocycles. The second kappa shape index (κ2) is 13.7. The van der Waals surface area contributed by atoms with Crippen LogP contribution in [0.25, 0.3) is 55.0 Å². The average Bonchev–Trinajstić information content (AvgIpc) is 1.42. The highest BCUT2D eigenvalue weighted by molar-refractivity contribution is 6.89. The van der Waals surface area contributed by atoms with Crippen molar-refractivity contribution >= 4 is 67.8 Å². The molecule has 3 nitrogen and oxygen atoms in total. The fraction of sp³-hybridized carbons (Fsp3) is 0.153. The maximum Gasteiger partial charge on any atom is 0.375 e. The summed E-state index contributed by atoms with van der Waals surface area (Å²) in [7, 11) is 0. The van der Waals surface area contributed by atoms with Gasteiger partial charge in [-0.3, -0.25) is 0 Å². The van der Waals surface area contributed by atoms with Gasteiger partial charge >= 0.3 is 6.85 Å². The molecule has 0 aliphatic carbocycles. The molecule has 1 unspecified atom stereocenters. The molecule has 0 spiro atoms. The lowest BCUT2D eigenvalue weighted by Gasteiger charge is -2.39. The summed E-state index contributed by atoms with van der Waals surface area (Å²) < 4.78 is 220. The zero-order chi connectivity index (χ0) is 62.8. The van der Waals surface area contributed by atoms with E-state index in [9.17, 15) is 15.1 Å². The van der Waals surface area contributed by atoms with Crippen LogP contribution in [-0.2, 0) is 10.8 Å². The zero-order valence-electron chi connectivity index (χ0n) is 58.0. The van der Waals surface area contributed by atoms with Crippen molar-refractivity contribution < 1.29 is 35.9 Å². The van der Waals surface area contributed by atoms with Crippen molar-refractivity contribution in [1.29, 1.82) is 0 Å². The Balaban J connectivity index is 1.36. The van der Waals surface area contributed by atoms with Gasteiger partial charge < -0.3 is 13.8 Å². The van der Waals surface area contributed by atoms with Gasteiger partial charge in [-0.15, -0.1) is 0 Å². The normalized spacial score (nSPS) is 18.9. The summed E-state index contributed by atoms with van der Waals surface area (Å²) in [6.45, 7) is 10.5. The topological polar surface area (TPSA) is 21.3 Å². The zero-order valence-corrected chi connectivity index (χ0v) is 35.0. The number of para-hydroxylation sites is 2. The van der Waals surface area contributed by atoms with Crippen LogP contribution in [0, 0.1) is 0 Å². The van der Waals surface area contributed by atoms with Crippen LogP contribution >= 0.6 is 0 Å². The Bertz CT molecular complexity index is 4720. The Labute approximate surface area is 402 Å². The predicted molar refractivity (Wildman–Crippen MR) is 266 cm³/mol. The van der Waals surface area contributed by atoms with Crippen LogP contribution in [0.15, 0.2) is 186 Å². The van der Waals surface area contributed by atoms with Gasteiger partial charge in [-0.1, -0.05) is 181 Å². The lowest BCUT2D eigenvalue weighted by molar-refractivity contribution is 0.590. The SMILES string of the molecule is [2H]c1c([2H])c([2H])c(-c2c([2H])c([2H])c([2H])c([2H])c2C(c2c([2H])c([2H])c([2H])c([2H])c2[2H])c2ccc3c4c2c2cc(C(C)(C)C)ccc2n4B2c4oc5c([2H])c([2H])c([2H])c([2H])c5c4N(c4c([2H])c([2H])c([2H])c([2H])c4[2H])c4cc(C(C)(C)C)cc-3c42)c([2H])c1[2H]. The first-order valence-corrected chi connectivity index (χ1v) is 20.5. The van der Waals surface area contributed by atoms with Crippen molar-refractivity contribution in [2.24, 2.45) is 0 Å². The number of benzene rings is 8. The standard InChI is InChI=1S/C59H49BN2O/c1-58(2,3)39-30-33-49-48(34-39)53-46(52(38-22-12-8-13-23-38)43-27-17-16-26-42(43)37-20-10-7-11-21-37)32-31-44-47-35-40(59(4,5)6)36-50-54(47)60(62(49)55(44)53)57-56(45-28-18-19-29-51(45)63-57)61(50)41-24-14-9-15-25-41/h7-36,52H,1-6H3/i7D,8D,9D,10D,11D,12D,13D,14D,15D,16D,17D,18D,19D,20D,21D,22D,23D,24D,25D,26D,27D,28D,29D. The average molecular weight is 836 g/mol. The minimum absolute atomic E-state index is 0.0476. The van der Waals surface area contributed by atoms with Gasteiger partial charge in [0.2, 0.25) is 0 Å². The van der Waals surface area contributed by atoms with Gasteiger partial charge in [0, 0.05) is 50.0 Å². The predicted octanol–water partition coefficient (Wildman–Crippen LogP) is 14.4. The van der Waals surface area contributed by atoms with Crippen molar-refractivity contribution in [3.8, 4) is 22.3 Å². The van der Waals surface area contributed by atoms with Crippen LogP contribution < -0.4 is 16.0 Å². The maximum absolute atomic E-state index is 9.91. The largest absolute Gasteiger partial charge is 0.466 e. The quantitative estimate of drug-likeness (QED) is 0.127. The Morgan fingerprint density at radius 2 is 1.24 bits per heavy atom. The number of anilines is 3. The van der Waals surface area contributed by atoms with Gasteiger partial charge in [0.15, 0.2) is 0 Å². The third-order valence-corrected chi connectivity index (χ3v) is 12.3. The molecule has 0 radical (unpaired) electrons. The van der Waals surface area contributed by atoms with Crippen molar-refractivity contribution in [2.45, 2.75) is 58.3 Å². The first kappa shape index (κ1) is 20.9. The van der Waals surface area contributed by atoms with E-state index in [4.69, 9.17) is 20.9 Å². The summed E-state index contributed by atoms with van der Waals surface area (Å²) in [4.78, 5) is 1.42. The Hall–Kier alpha value is -7.04. The highest BCUT2D eigenvalue weighted by Crippen LogP contribution is 2.52. The summed E-state index contributed by atoms with van der Waals surface area (Å²) >= 11 is 0. The monoisotopic (exact) mass is 836 g/mol. The Kier molecular flexibility index (Phi) is 4.55. The van der Waals surface area contributed by atoms with Gasteiger partial charge in [0.1, 0.15) is 11.2 Å². The highest BCUT2D eigenvalue weighted by atomic mass is 16.3. The van der Waals surface area contributed by atoms with Gasteiger partial charge in [-0.2, -0.15) is 0 Å². The van der Waals surface area contributed by atoms with Crippen LogP contribution in [-0.4, -0.2) is 11.3 Å². The summed E-state index contributed by atoms with van der Waals surface area (Å²) in [6.07, 6.45) is 0. The van der Waals surface area contributed by atoms with E-state index in [1.807, 2.05) is 76.4 Å². The lowest BCUT2D eigenvalue weighted by atomic mass is 9.47. The molecular weight excluding hydrogens is 763 g/mol. The number of nitrogens with zero attached hydrogens (tertiary/aromatic N) is 2. The van der Waals surface area contributed by atoms with E-state index in [0.717, 1.165) is 5.56 Å². The van der Waals surface area contributed by atoms with E-state index in [-0.39, 0.29) is 39.3 Å². The van der Waals surface area contributed by atoms with E-state index in [1.54, 1.807) is 12.1 Å². The minimum Gasteiger partial charge on any atom is -0.466 e. The second-order valence-electron chi connectivity index (χ2n) is 18.0. The van der Waals surface area contributed by atoms with Crippen molar-refractivity contribution in [2.75, 3.05) is 4.90 Å². The van der Waals surface area contributed by atoms with Gasteiger partial charge in [-0.25, -0.2) is 0 Å². The summed E-state index contributed by atoms with van der Waals surface area (Å²) in [5.41, 5.74) is -0.341. The third kappa shape index (κ3) is 5.67. The van der Waals surface area contributed by atoms with E-state index in [1.165, 1.54) is 4.90 Å². The molecule has 2 aromatic heterocycles. The number of hydrogen-bond donors (Lipinski definition) is 0. The summed E-state index contributed by atoms with van der Waals surface area (Å²) in [5.74, 6) is -1.86. The molecule has 10 aromatic rings. The van der Waals surface area contributed by atoms with Crippen molar-refractivity contribution in [3.05, 3.63) is 209 Å². The van der Waals surface area contributed by atoms with Gasteiger partial charge in [-0.05, 0) is 103 Å². The van der Waals surface area contributed by atoms with Crippen LogP contribution in [0.5, 0.6) is 0 Å². The smallest absolute Gasteiger partial charge is 0.375 e. The first-order chi connectivity index (χ1) is 40.1. The number of hydrogen-bond acceptors (Lipinski definition) is 2. The van der Waals surface area contributed by atoms with E-state index in [2.05, 4.69) is 0 Å². The number of rotatable bonds is 5. The molecule has 0 bridgehead atoms. The molecule has 2 aliphatic heterocycles. The fourth-order valence-corrected chi connectivity index (χ4v) is 9.45. The van der Waals surface area contributed by atoms with Crippen LogP contribution in [0.2, 0.25) is 0 Å². The molecule has 0 saturated heterocycles. The van der Waals surface area contributed by atoms with Gasteiger partial charge in [0.05, 0.1) is 37.2 Å². The molecule has 2 aliphatic rings. The molecule has 8 aromatic carbocycles. The molecule has 0 amide bonds. The van der Waals surface area contributed by atoms with Crippen LogP contribution in [0.4, 0.5) is 17.1 Å². The van der Waals surface area contributed by atoms with Crippen molar-refractivity contribution in [1.82, 2.24) is 4.48 Å². The molecule has 12 rings (SSSR count). The van der Waals surface area contributed by atoms with Crippen LogP contribution in [0.1, 0.15) is 107 Å². The molecule has 4 heterocycles. The molecular formula is C59H49BN2O. The highest BCUT2D eigenvalue weighted by Gasteiger charge is 2.47. The van der Waals surface area contributed by atoms with E-state index in [0.29, 0.717) is 44.0 Å². The third-order valence-electron chi connectivity index (χ3n) is 12.3. The van der Waals surface area contributed by atoms with Gasteiger partial charge in [0.25, 0.3) is 0 Å². The summed E-state index contributed by atoms with van der Waals surface area (Å²) in [6, 6.07) is -4.54. The molecule has 63 heavy (non-hydrogen) atoms. The number of aromatic nitrogens is 1. The molecule has 304 valence electrons. The van der Waals surface area contributed by atoms with E-state index >= 15 is 0 Å². The molecule has 0 N–H and O–H groups in total. The minimum atomic E-state index is -1.86. The number of fused-ring (bicyclic) bond motifs is 9. The van der Waals surface area contributed by atoms with Crippen LogP contribution in [0.3, 0.4) is 0 Å². The van der Waals surface area contributed by atoms with Crippen molar-refractivity contribution in [3.63, 3.8) is 0 Å². The summed E-state index contributed by atoms with van der Waals surface area (Å²) in [5, 5.41) is 0.559. The molecule has 4 heteroatoms. The maximum atomic E-state index is 9.91. The lowest BCUT2D eigenvalue weighted by Crippen LogP contribution is -2.56.